The number of nitrogens with zero attached hydrogens (tertiary/aromatic N) is 1. The molecule has 1 rings (SSSR count). The third-order valence-electron chi connectivity index (χ3n) is 3.78. The van der Waals surface area contributed by atoms with E-state index in [1.807, 2.05) is 6.92 Å². The van der Waals surface area contributed by atoms with Gasteiger partial charge in [-0.15, -0.1) is 0 Å². The third-order valence-corrected chi connectivity index (χ3v) is 3.78. The average molecular weight is 272 g/mol. The first kappa shape index (κ1) is 15.8. The van der Waals surface area contributed by atoms with Crippen molar-refractivity contribution in [2.24, 2.45) is 5.41 Å². The van der Waals surface area contributed by atoms with Gasteiger partial charge < -0.3 is 20.4 Å². The topological polar surface area (TPSA) is 89.9 Å². The summed E-state index contributed by atoms with van der Waals surface area (Å²) in [5, 5.41) is 20.8. The minimum Gasteiger partial charge on any atom is -0.481 e. The number of aliphatic hydroxyl groups excluding tert-OH is 1. The van der Waals surface area contributed by atoms with E-state index >= 15 is 0 Å². The lowest BCUT2D eigenvalue weighted by Crippen LogP contribution is -2.51. The van der Waals surface area contributed by atoms with Crippen molar-refractivity contribution < 1.29 is 19.8 Å². The normalized spacial score (nSPS) is 16.5. The number of rotatable bonds is 8. The van der Waals surface area contributed by atoms with Crippen molar-refractivity contribution in [2.75, 3.05) is 26.2 Å². The molecule has 0 heterocycles. The van der Waals surface area contributed by atoms with Crippen LogP contribution in [0.4, 0.5) is 4.79 Å². The van der Waals surface area contributed by atoms with Gasteiger partial charge in [0.1, 0.15) is 0 Å². The van der Waals surface area contributed by atoms with Crippen LogP contribution in [0.5, 0.6) is 0 Å². The molecular weight excluding hydrogens is 248 g/mol. The van der Waals surface area contributed by atoms with Crippen molar-refractivity contribution in [2.45, 2.75) is 39.0 Å². The van der Waals surface area contributed by atoms with Crippen LogP contribution in [-0.4, -0.2) is 53.4 Å². The van der Waals surface area contributed by atoms with Gasteiger partial charge in [0, 0.05) is 19.6 Å². The highest BCUT2D eigenvalue weighted by Gasteiger charge is 2.44. The van der Waals surface area contributed by atoms with Gasteiger partial charge in [0.2, 0.25) is 0 Å². The van der Waals surface area contributed by atoms with Gasteiger partial charge in [-0.1, -0.05) is 19.8 Å². The monoisotopic (exact) mass is 272 g/mol. The lowest BCUT2D eigenvalue weighted by Gasteiger charge is -2.38. The number of hydrogen-bond acceptors (Lipinski definition) is 3. The molecule has 0 spiro atoms. The maximum Gasteiger partial charge on any atom is 0.317 e. The minimum atomic E-state index is -0.832. The summed E-state index contributed by atoms with van der Waals surface area (Å²) in [5.41, 5.74) is -0.773. The first-order chi connectivity index (χ1) is 9.05. The van der Waals surface area contributed by atoms with Crippen LogP contribution in [0, 0.1) is 5.41 Å². The molecule has 1 fully saturated rings. The number of carbonyl (C=O) groups is 2. The van der Waals surface area contributed by atoms with Gasteiger partial charge in [-0.05, 0) is 19.3 Å². The van der Waals surface area contributed by atoms with E-state index in [1.165, 1.54) is 4.90 Å². The Balaban J connectivity index is 2.45. The Morgan fingerprint density at radius 1 is 1.32 bits per heavy atom. The van der Waals surface area contributed by atoms with Crippen molar-refractivity contribution in [3.63, 3.8) is 0 Å². The van der Waals surface area contributed by atoms with Crippen LogP contribution in [-0.2, 0) is 4.79 Å². The van der Waals surface area contributed by atoms with Crippen LogP contribution < -0.4 is 5.32 Å². The van der Waals surface area contributed by atoms with Crippen LogP contribution in [0.1, 0.15) is 39.0 Å². The maximum absolute atomic E-state index is 12.0. The van der Waals surface area contributed by atoms with Crippen LogP contribution in [0.15, 0.2) is 0 Å². The van der Waals surface area contributed by atoms with E-state index in [0.29, 0.717) is 19.4 Å². The van der Waals surface area contributed by atoms with Crippen LogP contribution in [0.2, 0.25) is 0 Å². The number of unbranched alkanes of at least 4 members (excludes halogenated alkanes) is 1. The standard InChI is InChI=1S/C13H24N2O4/c1-2-3-7-15(8-9-16)12(19)14-10-13(11(17)18)5-4-6-13/h16H,2-10H2,1H3,(H,14,19)(H,17,18). The van der Waals surface area contributed by atoms with E-state index in [9.17, 15) is 14.7 Å². The number of carboxylic acid groups (broad SMARTS) is 1. The second-order valence-corrected chi connectivity index (χ2v) is 5.16. The molecule has 0 unspecified atom stereocenters. The summed E-state index contributed by atoms with van der Waals surface area (Å²) < 4.78 is 0. The van der Waals surface area contributed by atoms with Crippen LogP contribution in [0.25, 0.3) is 0 Å². The van der Waals surface area contributed by atoms with Gasteiger partial charge in [-0.2, -0.15) is 0 Å². The van der Waals surface area contributed by atoms with E-state index in [-0.39, 0.29) is 25.7 Å². The first-order valence-electron chi connectivity index (χ1n) is 6.93. The Morgan fingerprint density at radius 2 is 2.00 bits per heavy atom. The largest absolute Gasteiger partial charge is 0.481 e. The maximum atomic E-state index is 12.0. The average Bonchev–Trinajstić information content (AvgIpc) is 2.32. The number of aliphatic carboxylic acids is 1. The van der Waals surface area contributed by atoms with Gasteiger partial charge in [0.05, 0.1) is 12.0 Å². The van der Waals surface area contributed by atoms with Gasteiger partial charge in [0.15, 0.2) is 0 Å². The molecule has 2 amide bonds. The van der Waals surface area contributed by atoms with Gasteiger partial charge >= 0.3 is 12.0 Å². The van der Waals surface area contributed by atoms with Gasteiger partial charge in [0.25, 0.3) is 0 Å². The molecule has 1 aliphatic rings. The molecule has 19 heavy (non-hydrogen) atoms. The Hall–Kier alpha value is -1.30. The number of hydrogen-bond donors (Lipinski definition) is 3. The van der Waals surface area contributed by atoms with E-state index in [0.717, 1.165) is 19.3 Å². The van der Waals surface area contributed by atoms with E-state index in [4.69, 9.17) is 5.11 Å². The summed E-state index contributed by atoms with van der Waals surface area (Å²) in [4.78, 5) is 24.7. The molecule has 6 heteroatoms. The number of carbonyl (C=O) groups excluding carboxylic acids is 1. The fraction of sp³-hybridized carbons (Fsp3) is 0.846. The van der Waals surface area contributed by atoms with Gasteiger partial charge in [-0.25, -0.2) is 4.79 Å². The zero-order valence-corrected chi connectivity index (χ0v) is 11.5. The molecule has 0 atom stereocenters. The quantitative estimate of drug-likeness (QED) is 0.616. The van der Waals surface area contributed by atoms with Crippen molar-refractivity contribution in [1.82, 2.24) is 10.2 Å². The molecule has 3 N–H and O–H groups in total. The minimum absolute atomic E-state index is 0.0821. The second-order valence-electron chi connectivity index (χ2n) is 5.16. The molecule has 0 aliphatic heterocycles. The molecule has 0 aromatic heterocycles. The molecule has 0 aromatic rings. The summed E-state index contributed by atoms with van der Waals surface area (Å²) in [6.45, 7) is 2.99. The summed E-state index contributed by atoms with van der Waals surface area (Å²) in [6, 6.07) is -0.282. The van der Waals surface area contributed by atoms with E-state index < -0.39 is 11.4 Å². The zero-order chi connectivity index (χ0) is 14.3. The van der Waals surface area contributed by atoms with Crippen molar-refractivity contribution >= 4 is 12.0 Å². The number of aliphatic hydroxyl groups is 1. The molecule has 6 nitrogen and oxygen atoms in total. The van der Waals surface area contributed by atoms with Crippen molar-refractivity contribution in [3.8, 4) is 0 Å². The Labute approximate surface area is 113 Å². The SMILES string of the molecule is CCCCN(CCO)C(=O)NCC1(C(=O)O)CCC1. The summed E-state index contributed by atoms with van der Waals surface area (Å²) in [5.74, 6) is -0.832. The highest BCUT2D eigenvalue weighted by Crippen LogP contribution is 2.40. The van der Waals surface area contributed by atoms with E-state index in [1.54, 1.807) is 0 Å². The fourth-order valence-corrected chi connectivity index (χ4v) is 2.21. The molecule has 0 radical (unpaired) electrons. The lowest BCUT2D eigenvalue weighted by atomic mass is 9.69. The summed E-state index contributed by atoms with van der Waals surface area (Å²) >= 11 is 0. The highest BCUT2D eigenvalue weighted by molar-refractivity contribution is 5.78. The molecular formula is C13H24N2O4. The molecule has 0 saturated heterocycles. The zero-order valence-electron chi connectivity index (χ0n) is 11.5. The van der Waals surface area contributed by atoms with Crippen LogP contribution >= 0.6 is 0 Å². The molecule has 1 aliphatic carbocycles. The second kappa shape index (κ2) is 7.33. The van der Waals surface area contributed by atoms with Gasteiger partial charge in [-0.3, -0.25) is 4.79 Å². The predicted molar refractivity (Wildman–Crippen MR) is 70.9 cm³/mol. The number of carboxylic acids is 1. The first-order valence-corrected chi connectivity index (χ1v) is 6.93. The number of urea groups is 1. The molecule has 110 valence electrons. The van der Waals surface area contributed by atoms with Crippen molar-refractivity contribution in [3.05, 3.63) is 0 Å². The van der Waals surface area contributed by atoms with E-state index in [2.05, 4.69) is 5.32 Å². The number of amides is 2. The van der Waals surface area contributed by atoms with Crippen LogP contribution in [0.3, 0.4) is 0 Å². The fourth-order valence-electron chi connectivity index (χ4n) is 2.21. The molecule has 1 saturated carbocycles. The highest BCUT2D eigenvalue weighted by atomic mass is 16.4. The smallest absolute Gasteiger partial charge is 0.317 e. The summed E-state index contributed by atoms with van der Waals surface area (Å²) in [6.07, 6.45) is 3.99. The molecule has 0 bridgehead atoms. The predicted octanol–water partition coefficient (Wildman–Crippen LogP) is 1.05. The summed E-state index contributed by atoms with van der Waals surface area (Å²) in [7, 11) is 0. The Kier molecular flexibility index (Phi) is 6.08. The van der Waals surface area contributed by atoms with Crippen molar-refractivity contribution in [1.29, 1.82) is 0 Å². The third kappa shape index (κ3) is 4.09. The lowest BCUT2D eigenvalue weighted by molar-refractivity contribution is -0.153. The molecule has 0 aromatic carbocycles. The number of nitrogens with one attached hydrogen (secondary N) is 1. The Morgan fingerprint density at radius 3 is 2.42 bits per heavy atom. The Bertz CT molecular complexity index is 316.